The van der Waals surface area contributed by atoms with Crippen molar-refractivity contribution >= 4 is 5.52 Å². The summed E-state index contributed by atoms with van der Waals surface area (Å²) in [5.74, 6) is 1.59. The average Bonchev–Trinajstić information content (AvgIpc) is 2.65. The normalized spacial score (nSPS) is 11.5. The van der Waals surface area contributed by atoms with Gasteiger partial charge in [0.05, 0.1) is 11.2 Å². The Morgan fingerprint density at radius 1 is 1.38 bits per heavy atom. The maximum atomic E-state index is 5.55. The molecule has 0 saturated carbocycles. The average molecular weight is 217 g/mol. The third kappa shape index (κ3) is 1.95. The van der Waals surface area contributed by atoms with E-state index in [9.17, 15) is 0 Å². The summed E-state index contributed by atoms with van der Waals surface area (Å²) in [5.41, 5.74) is 7.95. The van der Waals surface area contributed by atoms with Gasteiger partial charge in [0.25, 0.3) is 0 Å². The van der Waals surface area contributed by atoms with Gasteiger partial charge in [0, 0.05) is 12.1 Å². The van der Waals surface area contributed by atoms with Crippen LogP contribution in [0.3, 0.4) is 0 Å². The zero-order chi connectivity index (χ0) is 11.5. The number of fused-ring (bicyclic) bond motifs is 1. The number of nitrogens with zero attached hydrogens (tertiary/aromatic N) is 2. The van der Waals surface area contributed by atoms with Gasteiger partial charge >= 0.3 is 0 Å². The highest BCUT2D eigenvalue weighted by Gasteiger charge is 2.12. The van der Waals surface area contributed by atoms with Gasteiger partial charge in [0.15, 0.2) is 0 Å². The summed E-state index contributed by atoms with van der Waals surface area (Å²) in [6, 6.07) is 6.24. The summed E-state index contributed by atoms with van der Waals surface area (Å²) in [6.45, 7) is 5.08. The first kappa shape index (κ1) is 11.1. The van der Waals surface area contributed by atoms with Crippen molar-refractivity contribution in [2.75, 3.05) is 6.54 Å². The van der Waals surface area contributed by atoms with Crippen LogP contribution in [0.25, 0.3) is 5.52 Å². The Hall–Kier alpha value is -1.35. The van der Waals surface area contributed by atoms with Crippen molar-refractivity contribution in [3.8, 4) is 0 Å². The minimum absolute atomic E-state index is 0.446. The van der Waals surface area contributed by atoms with Gasteiger partial charge in [-0.05, 0) is 31.5 Å². The largest absolute Gasteiger partial charge is 0.330 e. The summed E-state index contributed by atoms with van der Waals surface area (Å²) in [5, 5.41) is 0. The van der Waals surface area contributed by atoms with E-state index < -0.39 is 0 Å². The van der Waals surface area contributed by atoms with E-state index in [0.29, 0.717) is 5.92 Å². The van der Waals surface area contributed by atoms with Crippen molar-refractivity contribution in [2.24, 2.45) is 5.73 Å². The molecule has 0 aliphatic carbocycles. The molecule has 0 aromatic carbocycles. The van der Waals surface area contributed by atoms with Crippen molar-refractivity contribution in [1.82, 2.24) is 9.38 Å². The first-order valence-corrected chi connectivity index (χ1v) is 5.90. The van der Waals surface area contributed by atoms with Gasteiger partial charge in [-0.15, -0.1) is 0 Å². The summed E-state index contributed by atoms with van der Waals surface area (Å²) in [6.07, 6.45) is 4.06. The standard InChI is InChI=1S/C13H19N3/c1-10(2)13-15-11(6-5-8-14)12-7-3-4-9-16(12)13/h3-4,7,9-10H,5-6,8,14H2,1-2H3. The van der Waals surface area contributed by atoms with Gasteiger partial charge in [-0.25, -0.2) is 4.98 Å². The fourth-order valence-electron chi connectivity index (χ4n) is 1.99. The smallest absolute Gasteiger partial charge is 0.116 e. The monoisotopic (exact) mass is 217 g/mol. The maximum absolute atomic E-state index is 5.55. The number of hydrogen-bond donors (Lipinski definition) is 1. The molecule has 2 aromatic rings. The van der Waals surface area contributed by atoms with Crippen LogP contribution < -0.4 is 5.73 Å². The second-order valence-electron chi connectivity index (χ2n) is 4.42. The van der Waals surface area contributed by atoms with E-state index in [1.54, 1.807) is 0 Å². The molecule has 86 valence electrons. The molecule has 2 heterocycles. The predicted octanol–water partition coefficient (Wildman–Crippen LogP) is 2.35. The molecule has 0 bridgehead atoms. The fraction of sp³-hybridized carbons (Fsp3) is 0.462. The molecule has 3 heteroatoms. The molecule has 0 radical (unpaired) electrons. The second-order valence-corrected chi connectivity index (χ2v) is 4.42. The highest BCUT2D eigenvalue weighted by molar-refractivity contribution is 5.53. The summed E-state index contributed by atoms with van der Waals surface area (Å²) < 4.78 is 2.19. The molecule has 2 aromatic heterocycles. The molecule has 16 heavy (non-hydrogen) atoms. The highest BCUT2D eigenvalue weighted by Crippen LogP contribution is 2.20. The van der Waals surface area contributed by atoms with Crippen molar-refractivity contribution in [3.05, 3.63) is 35.9 Å². The number of pyridine rings is 1. The molecule has 0 saturated heterocycles. The molecule has 0 aliphatic heterocycles. The van der Waals surface area contributed by atoms with Crippen LogP contribution in [0.1, 0.15) is 37.7 Å². The molecule has 3 nitrogen and oxygen atoms in total. The molecule has 0 unspecified atom stereocenters. The van der Waals surface area contributed by atoms with Gasteiger partial charge in [-0.2, -0.15) is 0 Å². The van der Waals surface area contributed by atoms with Crippen LogP contribution in [0.4, 0.5) is 0 Å². The lowest BCUT2D eigenvalue weighted by Gasteiger charge is -2.02. The lowest BCUT2D eigenvalue weighted by Crippen LogP contribution is -2.00. The van der Waals surface area contributed by atoms with E-state index in [0.717, 1.165) is 25.2 Å². The quantitative estimate of drug-likeness (QED) is 0.854. The van der Waals surface area contributed by atoms with E-state index >= 15 is 0 Å². The zero-order valence-corrected chi connectivity index (χ0v) is 9.98. The van der Waals surface area contributed by atoms with Crippen LogP contribution in [0.15, 0.2) is 24.4 Å². The first-order chi connectivity index (χ1) is 7.74. The molecule has 2 rings (SSSR count). The predicted molar refractivity (Wildman–Crippen MR) is 66.7 cm³/mol. The topological polar surface area (TPSA) is 43.3 Å². The molecule has 0 spiro atoms. The van der Waals surface area contributed by atoms with Gasteiger partial charge < -0.3 is 10.1 Å². The van der Waals surface area contributed by atoms with E-state index in [1.165, 1.54) is 11.2 Å². The highest BCUT2D eigenvalue weighted by atomic mass is 15.0. The van der Waals surface area contributed by atoms with E-state index in [4.69, 9.17) is 10.7 Å². The Labute approximate surface area is 96.3 Å². The number of aryl methyl sites for hydroxylation is 1. The molecule has 0 fully saturated rings. The molecule has 2 N–H and O–H groups in total. The van der Waals surface area contributed by atoms with Gasteiger partial charge in [-0.3, -0.25) is 0 Å². The van der Waals surface area contributed by atoms with Crippen LogP contribution in [-0.2, 0) is 6.42 Å². The molecule has 0 atom stereocenters. The van der Waals surface area contributed by atoms with Crippen LogP contribution in [0, 0.1) is 0 Å². The summed E-state index contributed by atoms with van der Waals surface area (Å²) >= 11 is 0. The Kier molecular flexibility index (Phi) is 3.25. The molecular weight excluding hydrogens is 198 g/mol. The van der Waals surface area contributed by atoms with E-state index in [1.807, 2.05) is 6.07 Å². The Bertz CT molecular complexity index is 471. The number of nitrogens with two attached hydrogens (primary N) is 1. The third-order valence-electron chi connectivity index (χ3n) is 2.79. The van der Waals surface area contributed by atoms with Crippen molar-refractivity contribution in [2.45, 2.75) is 32.6 Å². The first-order valence-electron chi connectivity index (χ1n) is 5.90. The van der Waals surface area contributed by atoms with Crippen LogP contribution in [0.5, 0.6) is 0 Å². The minimum atomic E-state index is 0.446. The fourth-order valence-corrected chi connectivity index (χ4v) is 1.99. The van der Waals surface area contributed by atoms with Crippen LogP contribution in [0.2, 0.25) is 0 Å². The molecule has 0 amide bonds. The number of rotatable bonds is 4. The number of hydrogen-bond acceptors (Lipinski definition) is 2. The maximum Gasteiger partial charge on any atom is 0.116 e. The molecule has 0 aliphatic rings. The summed E-state index contributed by atoms with van der Waals surface area (Å²) in [7, 11) is 0. The Morgan fingerprint density at radius 3 is 2.88 bits per heavy atom. The number of imidazole rings is 1. The Morgan fingerprint density at radius 2 is 2.19 bits per heavy atom. The van der Waals surface area contributed by atoms with Crippen LogP contribution in [-0.4, -0.2) is 15.9 Å². The Balaban J connectivity index is 2.49. The van der Waals surface area contributed by atoms with Gasteiger partial charge in [-0.1, -0.05) is 19.9 Å². The van der Waals surface area contributed by atoms with E-state index in [2.05, 4.69) is 36.6 Å². The van der Waals surface area contributed by atoms with Crippen molar-refractivity contribution < 1.29 is 0 Å². The van der Waals surface area contributed by atoms with Crippen LogP contribution >= 0.6 is 0 Å². The van der Waals surface area contributed by atoms with Gasteiger partial charge in [0.2, 0.25) is 0 Å². The SMILES string of the molecule is CC(C)c1nc(CCCN)c2ccccn12. The molecular formula is C13H19N3. The number of aromatic nitrogens is 2. The zero-order valence-electron chi connectivity index (χ0n) is 9.98. The minimum Gasteiger partial charge on any atom is -0.330 e. The van der Waals surface area contributed by atoms with E-state index in [-0.39, 0.29) is 0 Å². The second kappa shape index (κ2) is 4.66. The summed E-state index contributed by atoms with van der Waals surface area (Å²) in [4.78, 5) is 4.73. The lowest BCUT2D eigenvalue weighted by atomic mass is 10.2. The van der Waals surface area contributed by atoms with Gasteiger partial charge in [0.1, 0.15) is 5.82 Å². The lowest BCUT2D eigenvalue weighted by molar-refractivity contribution is 0.757. The van der Waals surface area contributed by atoms with Crippen molar-refractivity contribution in [1.29, 1.82) is 0 Å². The third-order valence-corrected chi connectivity index (χ3v) is 2.79. The van der Waals surface area contributed by atoms with Crippen molar-refractivity contribution in [3.63, 3.8) is 0 Å².